The highest BCUT2D eigenvalue weighted by molar-refractivity contribution is 5.90. The summed E-state index contributed by atoms with van der Waals surface area (Å²) < 4.78 is 9.56. The van der Waals surface area contributed by atoms with Crippen LogP contribution < -0.4 is 4.74 Å². The van der Waals surface area contributed by atoms with Gasteiger partial charge in [-0.05, 0) is 19.1 Å². The van der Waals surface area contributed by atoms with Gasteiger partial charge in [0.05, 0.1) is 25.9 Å². The second-order valence-electron chi connectivity index (χ2n) is 3.73. The van der Waals surface area contributed by atoms with E-state index < -0.39 is 12.1 Å². The first-order valence-corrected chi connectivity index (χ1v) is 5.15. The van der Waals surface area contributed by atoms with Gasteiger partial charge in [0.15, 0.2) is 11.5 Å². The van der Waals surface area contributed by atoms with Crippen LogP contribution >= 0.6 is 0 Å². The molecule has 0 aliphatic carbocycles. The zero-order chi connectivity index (χ0) is 13.0. The van der Waals surface area contributed by atoms with Crippen LogP contribution in [0.5, 0.6) is 11.5 Å². The van der Waals surface area contributed by atoms with Crippen LogP contribution in [0, 0.1) is 0 Å². The lowest BCUT2D eigenvalue weighted by Crippen LogP contribution is -2.08. The van der Waals surface area contributed by atoms with Crippen LogP contribution in [0.25, 0.3) is 0 Å². The summed E-state index contributed by atoms with van der Waals surface area (Å²) in [6.45, 7) is 1.59. The number of aliphatic hydroxyl groups excluding tert-OH is 1. The highest BCUT2D eigenvalue weighted by Crippen LogP contribution is 2.32. The molecule has 0 bridgehead atoms. The average molecular weight is 240 g/mol. The lowest BCUT2D eigenvalue weighted by molar-refractivity contribution is 0.0600. The lowest BCUT2D eigenvalue weighted by atomic mass is 10.0. The van der Waals surface area contributed by atoms with Crippen molar-refractivity contribution in [3.8, 4) is 11.5 Å². The molecule has 2 N–H and O–H groups in total. The van der Waals surface area contributed by atoms with E-state index in [2.05, 4.69) is 4.74 Å². The van der Waals surface area contributed by atoms with Gasteiger partial charge in [0.25, 0.3) is 0 Å². The number of aromatic hydroxyl groups is 1. The van der Waals surface area contributed by atoms with E-state index in [1.807, 2.05) is 0 Å². The molecule has 1 atom stereocenters. The summed E-state index contributed by atoms with van der Waals surface area (Å²) in [5, 5.41) is 19.1. The molecule has 1 aromatic rings. The third-order valence-electron chi connectivity index (χ3n) is 2.31. The molecular formula is C12H16O5. The largest absolute Gasteiger partial charge is 0.504 e. The highest BCUT2D eigenvalue weighted by atomic mass is 16.5. The molecule has 94 valence electrons. The van der Waals surface area contributed by atoms with Crippen LogP contribution in [0.4, 0.5) is 0 Å². The van der Waals surface area contributed by atoms with Gasteiger partial charge < -0.3 is 19.7 Å². The molecule has 0 aliphatic heterocycles. The number of esters is 1. The zero-order valence-electron chi connectivity index (χ0n) is 10.1. The first kappa shape index (κ1) is 13.3. The van der Waals surface area contributed by atoms with Gasteiger partial charge in [0.1, 0.15) is 0 Å². The topological polar surface area (TPSA) is 76.0 Å². The highest BCUT2D eigenvalue weighted by Gasteiger charge is 2.16. The minimum Gasteiger partial charge on any atom is -0.504 e. The molecule has 5 heteroatoms. The molecule has 0 saturated heterocycles. The molecule has 1 unspecified atom stereocenters. The maximum atomic E-state index is 11.4. The number of ether oxygens (including phenoxy) is 2. The maximum Gasteiger partial charge on any atom is 0.337 e. The fourth-order valence-electron chi connectivity index (χ4n) is 1.53. The van der Waals surface area contributed by atoms with Gasteiger partial charge in [-0.15, -0.1) is 0 Å². The number of hydrogen-bond donors (Lipinski definition) is 2. The molecule has 0 spiro atoms. The number of carbonyl (C=O) groups excluding carboxylic acids is 1. The van der Waals surface area contributed by atoms with E-state index >= 15 is 0 Å². The SMILES string of the molecule is COC(=O)c1cc(CC(C)O)c(O)c(OC)c1. The van der Waals surface area contributed by atoms with Gasteiger partial charge in [-0.2, -0.15) is 0 Å². The first-order chi connectivity index (χ1) is 7.99. The van der Waals surface area contributed by atoms with Gasteiger partial charge >= 0.3 is 5.97 Å². The van der Waals surface area contributed by atoms with Crippen molar-refractivity contribution in [1.82, 2.24) is 0 Å². The van der Waals surface area contributed by atoms with E-state index in [0.29, 0.717) is 5.56 Å². The van der Waals surface area contributed by atoms with Crippen molar-refractivity contribution in [3.05, 3.63) is 23.3 Å². The molecule has 1 rings (SSSR count). The van der Waals surface area contributed by atoms with Crippen LogP contribution in [0.1, 0.15) is 22.8 Å². The molecule has 1 aromatic carbocycles. The molecule has 0 aliphatic rings. The molecular weight excluding hydrogens is 224 g/mol. The summed E-state index contributed by atoms with van der Waals surface area (Å²) in [4.78, 5) is 11.4. The number of rotatable bonds is 4. The van der Waals surface area contributed by atoms with Crippen molar-refractivity contribution in [1.29, 1.82) is 0 Å². The third-order valence-corrected chi connectivity index (χ3v) is 2.31. The van der Waals surface area contributed by atoms with Crippen LogP contribution in [0.15, 0.2) is 12.1 Å². The van der Waals surface area contributed by atoms with Gasteiger partial charge in [0, 0.05) is 12.0 Å². The molecule has 5 nitrogen and oxygen atoms in total. The van der Waals surface area contributed by atoms with E-state index in [-0.39, 0.29) is 23.5 Å². The quantitative estimate of drug-likeness (QED) is 0.771. The second-order valence-corrected chi connectivity index (χ2v) is 3.73. The molecule has 0 aromatic heterocycles. The molecule has 0 saturated carbocycles. The van der Waals surface area contributed by atoms with Crippen LogP contribution in [-0.2, 0) is 11.2 Å². The Morgan fingerprint density at radius 1 is 1.41 bits per heavy atom. The van der Waals surface area contributed by atoms with Crippen molar-refractivity contribution in [2.45, 2.75) is 19.4 Å². The number of phenols is 1. The average Bonchev–Trinajstić information content (AvgIpc) is 2.30. The zero-order valence-corrected chi connectivity index (χ0v) is 10.1. The van der Waals surface area contributed by atoms with Crippen molar-refractivity contribution >= 4 is 5.97 Å². The molecule has 17 heavy (non-hydrogen) atoms. The fourth-order valence-corrected chi connectivity index (χ4v) is 1.53. The van der Waals surface area contributed by atoms with E-state index in [0.717, 1.165) is 0 Å². The summed E-state index contributed by atoms with van der Waals surface area (Å²) in [5.74, 6) is -0.403. The Balaban J connectivity index is 3.23. The Kier molecular flexibility index (Phi) is 4.34. The Bertz CT molecular complexity index is 412. The first-order valence-electron chi connectivity index (χ1n) is 5.15. The van der Waals surface area contributed by atoms with Crippen molar-refractivity contribution in [2.24, 2.45) is 0 Å². The van der Waals surface area contributed by atoms with Crippen LogP contribution in [-0.4, -0.2) is 36.5 Å². The van der Waals surface area contributed by atoms with Crippen molar-refractivity contribution < 1.29 is 24.5 Å². The Morgan fingerprint density at radius 2 is 2.06 bits per heavy atom. The number of carbonyl (C=O) groups is 1. The summed E-state index contributed by atoms with van der Waals surface area (Å²) >= 11 is 0. The Hall–Kier alpha value is -1.75. The summed E-state index contributed by atoms with van der Waals surface area (Å²) in [7, 11) is 2.66. The van der Waals surface area contributed by atoms with Crippen molar-refractivity contribution in [3.63, 3.8) is 0 Å². The van der Waals surface area contributed by atoms with Gasteiger partial charge in [-0.25, -0.2) is 4.79 Å². The minimum atomic E-state index is -0.626. The predicted octanol–water partition coefficient (Wildman–Crippen LogP) is 1.11. The molecule has 0 radical (unpaired) electrons. The summed E-state index contributed by atoms with van der Waals surface area (Å²) in [6, 6.07) is 2.88. The maximum absolute atomic E-state index is 11.4. The van der Waals surface area contributed by atoms with E-state index in [1.165, 1.54) is 26.4 Å². The monoisotopic (exact) mass is 240 g/mol. The van der Waals surface area contributed by atoms with E-state index in [4.69, 9.17) is 4.74 Å². The predicted molar refractivity (Wildman–Crippen MR) is 61.4 cm³/mol. The third kappa shape index (κ3) is 3.10. The molecule has 0 amide bonds. The van der Waals surface area contributed by atoms with Crippen LogP contribution in [0.2, 0.25) is 0 Å². The Morgan fingerprint density at radius 3 is 2.53 bits per heavy atom. The minimum absolute atomic E-state index is 0.0685. The number of phenolic OH excluding ortho intramolecular Hbond substituents is 1. The molecule has 0 fully saturated rings. The van der Waals surface area contributed by atoms with Gasteiger partial charge in [-0.3, -0.25) is 0 Å². The van der Waals surface area contributed by atoms with Crippen LogP contribution in [0.3, 0.4) is 0 Å². The normalized spacial score (nSPS) is 12.0. The fraction of sp³-hybridized carbons (Fsp3) is 0.417. The van der Waals surface area contributed by atoms with Gasteiger partial charge in [-0.1, -0.05) is 0 Å². The number of benzene rings is 1. The number of hydrogen-bond acceptors (Lipinski definition) is 5. The molecule has 0 heterocycles. The summed E-state index contributed by atoms with van der Waals surface area (Å²) in [6.07, 6.45) is -0.397. The summed E-state index contributed by atoms with van der Waals surface area (Å²) in [5.41, 5.74) is 0.720. The Labute approximate surface area is 99.6 Å². The lowest BCUT2D eigenvalue weighted by Gasteiger charge is -2.12. The van der Waals surface area contributed by atoms with Crippen molar-refractivity contribution in [2.75, 3.05) is 14.2 Å². The second kappa shape index (κ2) is 5.54. The smallest absolute Gasteiger partial charge is 0.337 e. The number of methoxy groups -OCH3 is 2. The van der Waals surface area contributed by atoms with E-state index in [1.54, 1.807) is 6.92 Å². The standard InChI is InChI=1S/C12H16O5/c1-7(13)4-8-5-9(12(15)17-3)6-10(16-2)11(8)14/h5-7,13-14H,4H2,1-3H3. The number of aliphatic hydroxyl groups is 1. The van der Waals surface area contributed by atoms with E-state index in [9.17, 15) is 15.0 Å². The van der Waals surface area contributed by atoms with Gasteiger partial charge in [0.2, 0.25) is 0 Å².